The molecule has 3 rings (SSSR count). The molecule has 0 spiro atoms. The lowest BCUT2D eigenvalue weighted by atomic mass is 10.1. The van der Waals surface area contributed by atoms with E-state index in [4.69, 9.17) is 27.9 Å². The zero-order chi connectivity index (χ0) is 19.4. The van der Waals surface area contributed by atoms with Gasteiger partial charge in [0.1, 0.15) is 0 Å². The van der Waals surface area contributed by atoms with Gasteiger partial charge in [0.15, 0.2) is 6.61 Å². The SMILES string of the molecule is C[C@@H](NC(=O)COC(=O)c1ccc2nccnc2c1)c1ccc(Cl)c(Cl)c1. The standard InChI is InChI=1S/C19H15Cl2N3O3/c1-11(12-2-4-14(20)15(21)8-12)24-18(25)10-27-19(26)13-3-5-16-17(9-13)23-7-6-22-16/h2-9,11H,10H2,1H3,(H,24,25)/t11-/m1/s1. The first-order valence-electron chi connectivity index (χ1n) is 8.06. The minimum Gasteiger partial charge on any atom is -0.452 e. The van der Waals surface area contributed by atoms with Crippen LogP contribution in [0.15, 0.2) is 48.8 Å². The van der Waals surface area contributed by atoms with Crippen LogP contribution in [0.1, 0.15) is 28.9 Å². The van der Waals surface area contributed by atoms with Gasteiger partial charge in [-0.15, -0.1) is 0 Å². The zero-order valence-electron chi connectivity index (χ0n) is 14.3. The molecule has 1 aromatic heterocycles. The molecule has 1 amide bonds. The number of aromatic nitrogens is 2. The summed E-state index contributed by atoms with van der Waals surface area (Å²) >= 11 is 11.9. The summed E-state index contributed by atoms with van der Waals surface area (Å²) < 4.78 is 5.07. The summed E-state index contributed by atoms with van der Waals surface area (Å²) in [4.78, 5) is 32.5. The lowest BCUT2D eigenvalue weighted by Gasteiger charge is -2.15. The van der Waals surface area contributed by atoms with Crippen LogP contribution in [0.3, 0.4) is 0 Å². The van der Waals surface area contributed by atoms with Crippen LogP contribution in [0.2, 0.25) is 10.0 Å². The Morgan fingerprint density at radius 3 is 2.52 bits per heavy atom. The Kier molecular flexibility index (Phi) is 5.88. The molecular formula is C19H15Cl2N3O3. The van der Waals surface area contributed by atoms with Crippen LogP contribution in [0.4, 0.5) is 0 Å². The molecule has 0 aliphatic heterocycles. The van der Waals surface area contributed by atoms with Crippen molar-refractivity contribution in [3.05, 3.63) is 70.0 Å². The molecule has 0 saturated heterocycles. The maximum atomic E-state index is 12.1. The predicted molar refractivity (Wildman–Crippen MR) is 103 cm³/mol. The number of carbonyl (C=O) groups excluding carboxylic acids is 2. The summed E-state index contributed by atoms with van der Waals surface area (Å²) in [6.07, 6.45) is 3.11. The summed E-state index contributed by atoms with van der Waals surface area (Å²) in [7, 11) is 0. The molecular weight excluding hydrogens is 389 g/mol. The largest absolute Gasteiger partial charge is 0.452 e. The van der Waals surface area contributed by atoms with Crippen LogP contribution in [-0.4, -0.2) is 28.5 Å². The lowest BCUT2D eigenvalue weighted by Crippen LogP contribution is -2.31. The monoisotopic (exact) mass is 403 g/mol. The first-order chi connectivity index (χ1) is 12.9. The Bertz CT molecular complexity index is 1010. The average molecular weight is 404 g/mol. The quantitative estimate of drug-likeness (QED) is 0.651. The van der Waals surface area contributed by atoms with E-state index < -0.39 is 18.5 Å². The topological polar surface area (TPSA) is 81.2 Å². The van der Waals surface area contributed by atoms with E-state index in [0.29, 0.717) is 26.6 Å². The molecule has 0 bridgehead atoms. The second-order valence-corrected chi connectivity index (χ2v) is 6.61. The van der Waals surface area contributed by atoms with Crippen LogP contribution >= 0.6 is 23.2 Å². The van der Waals surface area contributed by atoms with Crippen molar-refractivity contribution in [3.63, 3.8) is 0 Å². The van der Waals surface area contributed by atoms with Gasteiger partial charge >= 0.3 is 5.97 Å². The smallest absolute Gasteiger partial charge is 0.338 e. The van der Waals surface area contributed by atoms with Crippen molar-refractivity contribution in [2.24, 2.45) is 0 Å². The first-order valence-corrected chi connectivity index (χ1v) is 8.82. The normalized spacial score (nSPS) is 11.8. The number of amides is 1. The highest BCUT2D eigenvalue weighted by molar-refractivity contribution is 6.42. The number of ether oxygens (including phenoxy) is 1. The molecule has 1 atom stereocenters. The molecule has 8 heteroatoms. The van der Waals surface area contributed by atoms with Gasteiger partial charge in [0.05, 0.1) is 32.7 Å². The Morgan fingerprint density at radius 1 is 1.04 bits per heavy atom. The maximum absolute atomic E-state index is 12.1. The van der Waals surface area contributed by atoms with Crippen molar-refractivity contribution in [1.82, 2.24) is 15.3 Å². The van der Waals surface area contributed by atoms with Gasteiger partial charge in [0, 0.05) is 12.4 Å². The van der Waals surface area contributed by atoms with Gasteiger partial charge in [0.25, 0.3) is 5.91 Å². The van der Waals surface area contributed by atoms with Crippen LogP contribution in [0.5, 0.6) is 0 Å². The highest BCUT2D eigenvalue weighted by Crippen LogP contribution is 2.25. The summed E-state index contributed by atoms with van der Waals surface area (Å²) in [6, 6.07) is 9.60. The van der Waals surface area contributed by atoms with E-state index in [1.807, 2.05) is 0 Å². The Balaban J connectivity index is 1.57. The Morgan fingerprint density at radius 2 is 1.78 bits per heavy atom. The van der Waals surface area contributed by atoms with Crippen molar-refractivity contribution >= 4 is 46.1 Å². The molecule has 3 aromatic rings. The number of rotatable bonds is 5. The summed E-state index contributed by atoms with van der Waals surface area (Å²) in [6.45, 7) is 1.39. The van der Waals surface area contributed by atoms with E-state index in [1.165, 1.54) is 6.20 Å². The molecule has 27 heavy (non-hydrogen) atoms. The number of hydrogen-bond acceptors (Lipinski definition) is 5. The fraction of sp³-hybridized carbons (Fsp3) is 0.158. The number of esters is 1. The van der Waals surface area contributed by atoms with E-state index in [-0.39, 0.29) is 6.04 Å². The number of hydrogen-bond donors (Lipinski definition) is 1. The van der Waals surface area contributed by atoms with Gasteiger partial charge in [-0.05, 0) is 42.8 Å². The van der Waals surface area contributed by atoms with Crippen LogP contribution < -0.4 is 5.32 Å². The molecule has 0 saturated carbocycles. The van der Waals surface area contributed by atoms with Crippen LogP contribution in [0, 0.1) is 0 Å². The van der Waals surface area contributed by atoms with E-state index in [1.54, 1.807) is 49.5 Å². The molecule has 1 heterocycles. The van der Waals surface area contributed by atoms with Crippen molar-refractivity contribution < 1.29 is 14.3 Å². The Hall–Kier alpha value is -2.70. The number of benzene rings is 2. The average Bonchev–Trinajstić information content (AvgIpc) is 2.67. The molecule has 0 aliphatic rings. The van der Waals surface area contributed by atoms with E-state index >= 15 is 0 Å². The highest BCUT2D eigenvalue weighted by Gasteiger charge is 2.14. The van der Waals surface area contributed by atoms with Gasteiger partial charge < -0.3 is 10.1 Å². The van der Waals surface area contributed by atoms with E-state index in [9.17, 15) is 9.59 Å². The predicted octanol–water partition coefficient (Wildman–Crippen LogP) is 3.97. The summed E-state index contributed by atoms with van der Waals surface area (Å²) in [5.41, 5.74) is 2.33. The van der Waals surface area contributed by atoms with Crippen molar-refractivity contribution in [1.29, 1.82) is 0 Å². The van der Waals surface area contributed by atoms with Gasteiger partial charge in [-0.2, -0.15) is 0 Å². The van der Waals surface area contributed by atoms with Gasteiger partial charge in [-0.25, -0.2) is 4.79 Å². The van der Waals surface area contributed by atoms with Gasteiger partial charge in [-0.1, -0.05) is 29.3 Å². The molecule has 0 fully saturated rings. The fourth-order valence-electron chi connectivity index (χ4n) is 2.45. The van der Waals surface area contributed by atoms with Crippen molar-refractivity contribution in [2.75, 3.05) is 6.61 Å². The fourth-order valence-corrected chi connectivity index (χ4v) is 2.76. The summed E-state index contributed by atoms with van der Waals surface area (Å²) in [5, 5.41) is 3.58. The van der Waals surface area contributed by atoms with E-state index in [2.05, 4.69) is 15.3 Å². The molecule has 2 aromatic carbocycles. The minimum absolute atomic E-state index is 0.299. The molecule has 0 unspecified atom stereocenters. The lowest BCUT2D eigenvalue weighted by molar-refractivity contribution is -0.124. The van der Waals surface area contributed by atoms with E-state index in [0.717, 1.165) is 5.56 Å². The zero-order valence-corrected chi connectivity index (χ0v) is 15.8. The van der Waals surface area contributed by atoms with Crippen LogP contribution in [-0.2, 0) is 9.53 Å². The molecule has 1 N–H and O–H groups in total. The third-order valence-electron chi connectivity index (χ3n) is 3.86. The number of halogens is 2. The highest BCUT2D eigenvalue weighted by atomic mass is 35.5. The first kappa shape index (κ1) is 19.1. The second kappa shape index (κ2) is 8.33. The van der Waals surface area contributed by atoms with Gasteiger partial charge in [0.2, 0.25) is 0 Å². The number of nitrogens with one attached hydrogen (secondary N) is 1. The van der Waals surface area contributed by atoms with Gasteiger partial charge in [-0.3, -0.25) is 14.8 Å². The van der Waals surface area contributed by atoms with Crippen molar-refractivity contribution in [3.8, 4) is 0 Å². The summed E-state index contributed by atoms with van der Waals surface area (Å²) in [5.74, 6) is -1.04. The third kappa shape index (κ3) is 4.72. The number of nitrogens with zero attached hydrogens (tertiary/aromatic N) is 2. The van der Waals surface area contributed by atoms with Crippen LogP contribution in [0.25, 0.3) is 11.0 Å². The van der Waals surface area contributed by atoms with Crippen molar-refractivity contribution in [2.45, 2.75) is 13.0 Å². The maximum Gasteiger partial charge on any atom is 0.338 e. The molecule has 6 nitrogen and oxygen atoms in total. The minimum atomic E-state index is -0.611. The molecule has 138 valence electrons. The molecule has 0 aliphatic carbocycles. The second-order valence-electron chi connectivity index (χ2n) is 5.80. The number of fused-ring (bicyclic) bond motifs is 1. The third-order valence-corrected chi connectivity index (χ3v) is 4.60. The Labute approximate surface area is 165 Å². The molecule has 0 radical (unpaired) electrons. The number of carbonyl (C=O) groups is 2.